The van der Waals surface area contributed by atoms with Crippen molar-refractivity contribution in [3.63, 3.8) is 0 Å². The maximum Gasteiger partial charge on any atom is 0.180 e. The van der Waals surface area contributed by atoms with E-state index in [9.17, 15) is 0 Å². The van der Waals surface area contributed by atoms with Gasteiger partial charge in [-0.25, -0.2) is 4.98 Å². The van der Waals surface area contributed by atoms with Gasteiger partial charge in [0.1, 0.15) is 6.26 Å². The first-order valence-corrected chi connectivity index (χ1v) is 5.09. The number of likely N-dealkylation sites (tertiary alicyclic amines) is 1. The number of oxazole rings is 1. The molecule has 0 spiro atoms. The number of hydrogen-bond donors (Lipinski definition) is 1. The van der Waals surface area contributed by atoms with Crippen molar-refractivity contribution in [3.8, 4) is 0 Å². The Morgan fingerprint density at radius 2 is 2.07 bits per heavy atom. The summed E-state index contributed by atoms with van der Waals surface area (Å²) in [5.74, 6) is 0. The average molecular weight is 198 g/mol. The van der Waals surface area contributed by atoms with Crippen LogP contribution in [0.15, 0.2) is 23.3 Å². The van der Waals surface area contributed by atoms with E-state index in [1.807, 2.05) is 0 Å². The van der Waals surface area contributed by atoms with E-state index >= 15 is 0 Å². The molecule has 4 nitrogen and oxygen atoms in total. The molecule has 0 aliphatic carbocycles. The van der Waals surface area contributed by atoms with Gasteiger partial charge in [0.25, 0.3) is 0 Å². The van der Waals surface area contributed by atoms with E-state index in [2.05, 4.69) is 14.3 Å². The lowest BCUT2D eigenvalue weighted by atomic mass is 10.1. The van der Waals surface area contributed by atoms with Crippen LogP contribution < -0.4 is 0 Å². The van der Waals surface area contributed by atoms with E-state index in [1.165, 1.54) is 45.0 Å². The Bertz CT molecular complexity index is 176. The maximum atomic E-state index is 8.58. The normalized spacial score (nSPS) is 17.2. The highest BCUT2D eigenvalue weighted by Gasteiger charge is 2.07. The first kappa shape index (κ1) is 11.2. The summed E-state index contributed by atoms with van der Waals surface area (Å²) < 4.78 is 4.47. The predicted molar refractivity (Wildman–Crippen MR) is 53.9 cm³/mol. The molecule has 0 radical (unpaired) electrons. The first-order chi connectivity index (χ1) is 6.93. The molecule has 1 aromatic heterocycles. The molecule has 80 valence electrons. The molecule has 0 aromatic carbocycles. The van der Waals surface area contributed by atoms with Crippen LogP contribution in [0.3, 0.4) is 0 Å². The molecule has 1 aliphatic heterocycles. The van der Waals surface area contributed by atoms with Crippen molar-refractivity contribution in [1.29, 1.82) is 0 Å². The molecule has 1 aliphatic rings. The van der Waals surface area contributed by atoms with Crippen molar-refractivity contribution in [2.75, 3.05) is 26.2 Å². The summed E-state index contributed by atoms with van der Waals surface area (Å²) in [5, 5.41) is 8.58. The molecule has 1 saturated heterocycles. The number of piperidine rings is 1. The Morgan fingerprint density at radius 1 is 1.29 bits per heavy atom. The fourth-order valence-electron chi connectivity index (χ4n) is 1.50. The summed E-state index contributed by atoms with van der Waals surface area (Å²) in [5.41, 5.74) is 0. The van der Waals surface area contributed by atoms with Crippen molar-refractivity contribution < 1.29 is 9.52 Å². The lowest BCUT2D eigenvalue weighted by Gasteiger charge is -2.25. The van der Waals surface area contributed by atoms with Gasteiger partial charge in [0.05, 0.1) is 12.8 Å². The van der Waals surface area contributed by atoms with E-state index in [1.54, 1.807) is 6.20 Å². The number of hydrogen-bond acceptors (Lipinski definition) is 4. The Hall–Kier alpha value is -0.870. The summed E-state index contributed by atoms with van der Waals surface area (Å²) in [6.45, 7) is 3.58. The van der Waals surface area contributed by atoms with Gasteiger partial charge in [-0.2, -0.15) is 0 Å². The number of aromatic nitrogens is 1. The van der Waals surface area contributed by atoms with Crippen LogP contribution in [0.4, 0.5) is 0 Å². The highest BCUT2D eigenvalue weighted by Crippen LogP contribution is 2.06. The van der Waals surface area contributed by atoms with E-state index < -0.39 is 0 Å². The SMILES string of the molecule is OCCN1CCCCC1.c1cocn1. The van der Waals surface area contributed by atoms with Gasteiger partial charge in [0, 0.05) is 6.54 Å². The van der Waals surface area contributed by atoms with Crippen LogP contribution in [0.2, 0.25) is 0 Å². The van der Waals surface area contributed by atoms with Crippen LogP contribution in [0.1, 0.15) is 19.3 Å². The van der Waals surface area contributed by atoms with Gasteiger partial charge in [-0.3, -0.25) is 0 Å². The minimum atomic E-state index is 0.319. The third-order valence-corrected chi connectivity index (χ3v) is 2.21. The molecule has 1 aromatic rings. The smallest absolute Gasteiger partial charge is 0.180 e. The minimum absolute atomic E-state index is 0.319. The van der Waals surface area contributed by atoms with Crippen LogP contribution in [-0.2, 0) is 0 Å². The Kier molecular flexibility index (Phi) is 6.02. The van der Waals surface area contributed by atoms with Crippen LogP contribution in [0, 0.1) is 0 Å². The predicted octanol–water partition coefficient (Wildman–Crippen LogP) is 1.14. The van der Waals surface area contributed by atoms with E-state index in [4.69, 9.17) is 5.11 Å². The molecule has 1 fully saturated rings. The van der Waals surface area contributed by atoms with Crippen LogP contribution in [0.25, 0.3) is 0 Å². The molecular weight excluding hydrogens is 180 g/mol. The number of rotatable bonds is 2. The number of nitrogens with zero attached hydrogens (tertiary/aromatic N) is 2. The number of β-amino-alcohol motifs (C(OH)–C–C–N with tert-alkyl or cyclic N) is 1. The largest absolute Gasteiger partial charge is 0.452 e. The van der Waals surface area contributed by atoms with E-state index in [0.29, 0.717) is 6.61 Å². The topological polar surface area (TPSA) is 49.5 Å². The molecule has 0 bridgehead atoms. The molecule has 0 amide bonds. The molecule has 2 heterocycles. The molecule has 1 N–H and O–H groups in total. The van der Waals surface area contributed by atoms with Crippen LogP contribution in [0.5, 0.6) is 0 Å². The minimum Gasteiger partial charge on any atom is -0.452 e. The monoisotopic (exact) mass is 198 g/mol. The fraction of sp³-hybridized carbons (Fsp3) is 0.700. The molecule has 0 saturated carbocycles. The molecule has 0 unspecified atom stereocenters. The second-order valence-electron chi connectivity index (χ2n) is 3.30. The van der Waals surface area contributed by atoms with Gasteiger partial charge in [0.15, 0.2) is 6.39 Å². The first-order valence-electron chi connectivity index (χ1n) is 5.09. The second-order valence-corrected chi connectivity index (χ2v) is 3.30. The fourth-order valence-corrected chi connectivity index (χ4v) is 1.50. The Labute approximate surface area is 84.6 Å². The summed E-state index contributed by atoms with van der Waals surface area (Å²) >= 11 is 0. The molecule has 2 rings (SSSR count). The van der Waals surface area contributed by atoms with Crippen molar-refractivity contribution in [3.05, 3.63) is 18.9 Å². The lowest BCUT2D eigenvalue weighted by molar-refractivity contribution is 0.173. The van der Waals surface area contributed by atoms with Crippen LogP contribution >= 0.6 is 0 Å². The third-order valence-electron chi connectivity index (χ3n) is 2.21. The summed E-state index contributed by atoms with van der Waals surface area (Å²) in [6, 6.07) is 0. The number of aliphatic hydroxyl groups excluding tert-OH is 1. The van der Waals surface area contributed by atoms with Gasteiger partial charge >= 0.3 is 0 Å². The Morgan fingerprint density at radius 3 is 2.50 bits per heavy atom. The van der Waals surface area contributed by atoms with Crippen molar-refractivity contribution >= 4 is 0 Å². The van der Waals surface area contributed by atoms with Gasteiger partial charge < -0.3 is 14.4 Å². The number of aliphatic hydroxyl groups is 1. The van der Waals surface area contributed by atoms with E-state index in [-0.39, 0.29) is 0 Å². The zero-order chi connectivity index (χ0) is 10.1. The van der Waals surface area contributed by atoms with Gasteiger partial charge in [-0.15, -0.1) is 0 Å². The van der Waals surface area contributed by atoms with Gasteiger partial charge in [-0.05, 0) is 25.9 Å². The summed E-state index contributed by atoms with van der Waals surface area (Å²) in [4.78, 5) is 5.88. The lowest BCUT2D eigenvalue weighted by Crippen LogP contribution is -2.31. The van der Waals surface area contributed by atoms with Crippen molar-refractivity contribution in [1.82, 2.24) is 9.88 Å². The third kappa shape index (κ3) is 4.99. The molecular formula is C10H18N2O2. The van der Waals surface area contributed by atoms with Crippen molar-refractivity contribution in [2.24, 2.45) is 0 Å². The maximum absolute atomic E-state index is 8.58. The summed E-state index contributed by atoms with van der Waals surface area (Å²) in [7, 11) is 0. The second kappa shape index (κ2) is 7.53. The summed E-state index contributed by atoms with van der Waals surface area (Å²) in [6.07, 6.45) is 8.49. The highest BCUT2D eigenvalue weighted by atomic mass is 16.3. The highest BCUT2D eigenvalue weighted by molar-refractivity contribution is 4.62. The quantitative estimate of drug-likeness (QED) is 0.774. The van der Waals surface area contributed by atoms with Crippen molar-refractivity contribution in [2.45, 2.75) is 19.3 Å². The zero-order valence-corrected chi connectivity index (χ0v) is 8.43. The standard InChI is InChI=1S/C7H15NO.C3H3NO/c9-7-6-8-4-2-1-3-5-8;1-2-5-3-4-1/h9H,1-7H2;1-3H. The Balaban J connectivity index is 0.000000165. The van der Waals surface area contributed by atoms with Gasteiger partial charge in [0.2, 0.25) is 0 Å². The van der Waals surface area contributed by atoms with E-state index in [0.717, 1.165) is 6.54 Å². The molecule has 14 heavy (non-hydrogen) atoms. The molecule has 4 heteroatoms. The molecule has 0 atom stereocenters. The van der Waals surface area contributed by atoms with Crippen LogP contribution in [-0.4, -0.2) is 41.2 Å². The van der Waals surface area contributed by atoms with Gasteiger partial charge in [-0.1, -0.05) is 6.42 Å². The zero-order valence-electron chi connectivity index (χ0n) is 8.43. The average Bonchev–Trinajstić information content (AvgIpc) is 2.78.